The molecule has 6 nitrogen and oxygen atoms in total. The number of benzene rings is 1. The van der Waals surface area contributed by atoms with Crippen LogP contribution in [-0.2, 0) is 6.54 Å². The molecular formula is C18H19F2N3O3. The van der Waals surface area contributed by atoms with Gasteiger partial charge in [0.1, 0.15) is 5.75 Å². The summed E-state index contributed by atoms with van der Waals surface area (Å²) in [6.07, 6.45) is -0.191. The van der Waals surface area contributed by atoms with E-state index in [-0.39, 0.29) is 29.6 Å². The number of rotatable bonds is 6. The van der Waals surface area contributed by atoms with Crippen molar-refractivity contribution in [3.8, 4) is 5.75 Å². The summed E-state index contributed by atoms with van der Waals surface area (Å²) >= 11 is 0. The molecule has 0 saturated heterocycles. The Hall–Kier alpha value is -2.74. The first-order chi connectivity index (χ1) is 12.5. The molecule has 0 aliphatic carbocycles. The minimum absolute atomic E-state index is 0.0659. The first-order valence-corrected chi connectivity index (χ1v) is 8.08. The molecule has 0 aliphatic rings. The number of aliphatic hydroxyl groups is 1. The van der Waals surface area contributed by atoms with E-state index in [2.05, 4.69) is 5.10 Å². The molecule has 1 unspecified atom stereocenters. The second kappa shape index (κ2) is 7.25. The maximum atomic E-state index is 13.4. The van der Waals surface area contributed by atoms with Crippen molar-refractivity contribution < 1.29 is 18.6 Å². The first-order valence-electron chi connectivity index (χ1n) is 8.08. The smallest absolute Gasteiger partial charge is 0.277 e. The van der Waals surface area contributed by atoms with Crippen LogP contribution in [0.25, 0.3) is 10.9 Å². The molecule has 0 bridgehead atoms. The van der Waals surface area contributed by atoms with Gasteiger partial charge in [-0.05, 0) is 24.6 Å². The number of hydrogen-bond donors (Lipinski definition) is 1. The third kappa shape index (κ3) is 3.20. The summed E-state index contributed by atoms with van der Waals surface area (Å²) in [5.74, 6) is 0.680. The number of aromatic nitrogens is 3. The van der Waals surface area contributed by atoms with E-state index in [1.807, 2.05) is 0 Å². The van der Waals surface area contributed by atoms with Gasteiger partial charge < -0.3 is 14.4 Å². The number of nitrogens with zero attached hydrogens (tertiary/aromatic N) is 3. The van der Waals surface area contributed by atoms with Gasteiger partial charge in [0.15, 0.2) is 0 Å². The van der Waals surface area contributed by atoms with E-state index < -0.39 is 18.0 Å². The molecule has 1 aromatic carbocycles. The number of halogens is 2. The summed E-state index contributed by atoms with van der Waals surface area (Å²) in [7, 11) is 1.55. The third-order valence-corrected chi connectivity index (χ3v) is 4.33. The highest BCUT2D eigenvalue weighted by molar-refractivity contribution is 5.82. The average Bonchev–Trinajstić information content (AvgIpc) is 3.04. The fourth-order valence-corrected chi connectivity index (χ4v) is 2.87. The minimum Gasteiger partial charge on any atom is -0.497 e. The van der Waals surface area contributed by atoms with Gasteiger partial charge in [-0.25, -0.2) is 13.5 Å². The van der Waals surface area contributed by atoms with Crippen molar-refractivity contribution in [2.45, 2.75) is 25.9 Å². The second-order valence-electron chi connectivity index (χ2n) is 6.04. The van der Waals surface area contributed by atoms with Gasteiger partial charge in [-0.15, -0.1) is 0 Å². The van der Waals surface area contributed by atoms with Gasteiger partial charge >= 0.3 is 0 Å². The van der Waals surface area contributed by atoms with Gasteiger partial charge in [-0.1, -0.05) is 12.1 Å². The Morgan fingerprint density at radius 3 is 2.54 bits per heavy atom. The average molecular weight is 363 g/mol. The van der Waals surface area contributed by atoms with Crippen LogP contribution in [0.1, 0.15) is 30.5 Å². The zero-order chi connectivity index (χ0) is 18.8. The number of hydrogen-bond acceptors (Lipinski definition) is 4. The van der Waals surface area contributed by atoms with Crippen molar-refractivity contribution in [3.63, 3.8) is 0 Å². The Kier molecular flexibility index (Phi) is 5.03. The lowest BCUT2D eigenvalue weighted by molar-refractivity contribution is 0.152. The van der Waals surface area contributed by atoms with E-state index in [1.165, 1.54) is 17.0 Å². The molecule has 0 fully saturated rings. The lowest BCUT2D eigenvalue weighted by Gasteiger charge is -2.12. The van der Waals surface area contributed by atoms with E-state index in [0.717, 1.165) is 10.2 Å². The number of ether oxygens (including phenoxy) is 1. The van der Waals surface area contributed by atoms with E-state index in [9.17, 15) is 18.7 Å². The molecule has 8 heteroatoms. The fraction of sp³-hybridized carbons (Fsp3) is 0.333. The highest BCUT2D eigenvalue weighted by Crippen LogP contribution is 2.29. The molecule has 3 rings (SSSR count). The van der Waals surface area contributed by atoms with Crippen LogP contribution in [0, 0.1) is 0 Å². The van der Waals surface area contributed by atoms with Crippen molar-refractivity contribution in [1.29, 1.82) is 0 Å². The lowest BCUT2D eigenvalue weighted by atomic mass is 10.2. The molecule has 1 N–H and O–H groups in total. The summed E-state index contributed by atoms with van der Waals surface area (Å²) in [5.41, 5.74) is 0.146. The summed E-state index contributed by atoms with van der Waals surface area (Å²) in [4.78, 5) is 12.8. The molecule has 1 atom stereocenters. The van der Waals surface area contributed by atoms with E-state index >= 15 is 0 Å². The van der Waals surface area contributed by atoms with Crippen molar-refractivity contribution in [2.75, 3.05) is 13.7 Å². The maximum Gasteiger partial charge on any atom is 0.277 e. The molecule has 0 spiro atoms. The first kappa shape index (κ1) is 18.1. The number of alkyl halides is 2. The minimum atomic E-state index is -2.80. The largest absolute Gasteiger partial charge is 0.497 e. The van der Waals surface area contributed by atoms with Gasteiger partial charge in [0.05, 0.1) is 43.4 Å². The normalized spacial score (nSPS) is 12.7. The van der Waals surface area contributed by atoms with Crippen LogP contribution in [0.5, 0.6) is 5.75 Å². The van der Waals surface area contributed by atoms with E-state index in [1.54, 1.807) is 38.3 Å². The van der Waals surface area contributed by atoms with Gasteiger partial charge in [0.25, 0.3) is 12.0 Å². The molecule has 0 radical (unpaired) electrons. The summed E-state index contributed by atoms with van der Waals surface area (Å²) in [6, 6.07) is 6.63. The zero-order valence-electron chi connectivity index (χ0n) is 14.4. The Balaban J connectivity index is 2.09. The van der Waals surface area contributed by atoms with Crippen LogP contribution in [-0.4, -0.2) is 33.2 Å². The molecule has 0 saturated carbocycles. The van der Waals surface area contributed by atoms with Gasteiger partial charge in [-0.2, -0.15) is 5.10 Å². The standard InChI is InChI=1S/C18H19F2N3O3/c1-11(10-24)22-9-14(17(19)20)16-15(22)7-21-23(18(16)25)8-12-3-5-13(26-2)6-4-12/h3-7,9,11,17,24H,8,10H2,1-2H3. The molecule has 0 aliphatic heterocycles. The van der Waals surface area contributed by atoms with Crippen LogP contribution in [0.15, 0.2) is 41.5 Å². The molecule has 2 heterocycles. The van der Waals surface area contributed by atoms with Crippen molar-refractivity contribution in [3.05, 3.63) is 58.1 Å². The highest BCUT2D eigenvalue weighted by Gasteiger charge is 2.22. The lowest BCUT2D eigenvalue weighted by Crippen LogP contribution is -2.24. The third-order valence-electron chi connectivity index (χ3n) is 4.33. The summed E-state index contributed by atoms with van der Waals surface area (Å²) in [5, 5.41) is 13.4. The highest BCUT2D eigenvalue weighted by atomic mass is 19.3. The van der Waals surface area contributed by atoms with E-state index in [0.29, 0.717) is 5.75 Å². The topological polar surface area (TPSA) is 69.3 Å². The Morgan fingerprint density at radius 2 is 1.96 bits per heavy atom. The summed E-state index contributed by atoms with van der Waals surface area (Å²) in [6.45, 7) is 1.60. The predicted molar refractivity (Wildman–Crippen MR) is 92.8 cm³/mol. The van der Waals surface area contributed by atoms with Crippen LogP contribution in [0.4, 0.5) is 8.78 Å². The Morgan fingerprint density at radius 1 is 1.27 bits per heavy atom. The number of fused-ring (bicyclic) bond motifs is 1. The van der Waals surface area contributed by atoms with Crippen LogP contribution < -0.4 is 10.3 Å². The van der Waals surface area contributed by atoms with Gasteiger partial charge in [-0.3, -0.25) is 4.79 Å². The number of methoxy groups -OCH3 is 1. The monoisotopic (exact) mass is 363 g/mol. The SMILES string of the molecule is COc1ccc(Cn2ncc3c(c(C(F)F)cn3C(C)CO)c2=O)cc1. The number of aliphatic hydroxyl groups excluding tert-OH is 1. The van der Waals surface area contributed by atoms with Crippen molar-refractivity contribution in [2.24, 2.45) is 0 Å². The molecule has 2 aromatic heterocycles. The zero-order valence-corrected chi connectivity index (χ0v) is 14.4. The Bertz CT molecular complexity index is 964. The molecule has 138 valence electrons. The van der Waals surface area contributed by atoms with Gasteiger partial charge in [0.2, 0.25) is 0 Å². The van der Waals surface area contributed by atoms with Gasteiger partial charge in [0, 0.05) is 11.8 Å². The maximum absolute atomic E-state index is 13.4. The van der Waals surface area contributed by atoms with Crippen LogP contribution in [0.3, 0.4) is 0 Å². The molecular weight excluding hydrogens is 344 g/mol. The van der Waals surface area contributed by atoms with Crippen molar-refractivity contribution in [1.82, 2.24) is 14.3 Å². The molecule has 26 heavy (non-hydrogen) atoms. The van der Waals surface area contributed by atoms with Crippen LogP contribution in [0.2, 0.25) is 0 Å². The molecule has 0 amide bonds. The quantitative estimate of drug-likeness (QED) is 0.731. The van der Waals surface area contributed by atoms with Crippen molar-refractivity contribution >= 4 is 10.9 Å². The Labute approximate surface area is 148 Å². The molecule has 3 aromatic rings. The van der Waals surface area contributed by atoms with Crippen LogP contribution >= 0.6 is 0 Å². The second-order valence-corrected chi connectivity index (χ2v) is 6.04. The predicted octanol–water partition coefficient (Wildman–Crippen LogP) is 2.75. The summed E-state index contributed by atoms with van der Waals surface area (Å²) < 4.78 is 34.6. The van der Waals surface area contributed by atoms with E-state index in [4.69, 9.17) is 4.74 Å². The fourth-order valence-electron chi connectivity index (χ4n) is 2.87.